The standard InChI is InChI=1S/C8H5Cl3O3.Fe/c9-4-1-6(11)7(2-5(4)10)14-3-8(12)13;/h1-2H,3H2,(H,12,13);. The van der Waals surface area contributed by atoms with E-state index in [0.717, 1.165) is 0 Å². The molecule has 1 N–H and O–H groups in total. The van der Waals surface area contributed by atoms with Gasteiger partial charge in [0.1, 0.15) is 5.75 Å². The van der Waals surface area contributed by atoms with E-state index in [1.54, 1.807) is 0 Å². The van der Waals surface area contributed by atoms with E-state index < -0.39 is 12.6 Å². The molecule has 0 radical (unpaired) electrons. The Kier molecular flexibility index (Phi) is 6.41. The Morgan fingerprint density at radius 2 is 1.73 bits per heavy atom. The first kappa shape index (κ1) is 14.9. The van der Waals surface area contributed by atoms with Crippen molar-refractivity contribution in [3.05, 3.63) is 27.2 Å². The van der Waals surface area contributed by atoms with E-state index in [1.807, 2.05) is 0 Å². The first-order valence-corrected chi connectivity index (χ1v) is 4.63. The van der Waals surface area contributed by atoms with Crippen LogP contribution in [0.5, 0.6) is 5.75 Å². The molecule has 1 aromatic carbocycles. The van der Waals surface area contributed by atoms with E-state index in [-0.39, 0.29) is 32.9 Å². The molecular formula is C8H5Cl3FeO3. The molecule has 15 heavy (non-hydrogen) atoms. The van der Waals surface area contributed by atoms with Crippen LogP contribution in [0.4, 0.5) is 0 Å². The Labute approximate surface area is 112 Å². The maximum absolute atomic E-state index is 10.2. The minimum absolute atomic E-state index is 0. The van der Waals surface area contributed by atoms with E-state index in [9.17, 15) is 4.79 Å². The number of carbonyl (C=O) groups is 1. The number of halogens is 3. The van der Waals surface area contributed by atoms with Gasteiger partial charge in [0, 0.05) is 23.1 Å². The second kappa shape index (κ2) is 6.46. The van der Waals surface area contributed by atoms with E-state index in [2.05, 4.69) is 0 Å². The molecule has 1 aromatic rings. The van der Waals surface area contributed by atoms with Gasteiger partial charge in [-0.3, -0.25) is 0 Å². The summed E-state index contributed by atoms with van der Waals surface area (Å²) in [7, 11) is 0. The van der Waals surface area contributed by atoms with Gasteiger partial charge in [0.2, 0.25) is 0 Å². The van der Waals surface area contributed by atoms with Crippen LogP contribution in [-0.4, -0.2) is 17.7 Å². The van der Waals surface area contributed by atoms with Crippen molar-refractivity contribution in [1.82, 2.24) is 0 Å². The second-order valence-electron chi connectivity index (χ2n) is 2.38. The molecule has 0 aromatic heterocycles. The number of hydrogen-bond acceptors (Lipinski definition) is 2. The molecule has 0 amide bonds. The van der Waals surface area contributed by atoms with Crippen LogP contribution in [0.3, 0.4) is 0 Å². The molecule has 0 bridgehead atoms. The third-order valence-electron chi connectivity index (χ3n) is 1.33. The topological polar surface area (TPSA) is 46.5 Å². The van der Waals surface area contributed by atoms with Crippen molar-refractivity contribution < 1.29 is 31.7 Å². The predicted octanol–water partition coefficient (Wildman–Crippen LogP) is 3.11. The van der Waals surface area contributed by atoms with Crippen LogP contribution in [0.2, 0.25) is 15.1 Å². The largest absolute Gasteiger partial charge is 0.480 e. The van der Waals surface area contributed by atoms with Crippen LogP contribution in [0.1, 0.15) is 0 Å². The molecule has 0 saturated carbocycles. The molecule has 0 unspecified atom stereocenters. The minimum atomic E-state index is -1.09. The van der Waals surface area contributed by atoms with Gasteiger partial charge in [-0.2, -0.15) is 0 Å². The monoisotopic (exact) mass is 310 g/mol. The maximum Gasteiger partial charge on any atom is 0.341 e. The number of rotatable bonds is 3. The molecule has 1 rings (SSSR count). The van der Waals surface area contributed by atoms with Crippen LogP contribution in [0, 0.1) is 0 Å². The van der Waals surface area contributed by atoms with Gasteiger partial charge in [-0.25, -0.2) is 4.79 Å². The second-order valence-corrected chi connectivity index (χ2v) is 3.60. The molecule has 0 aliphatic rings. The van der Waals surface area contributed by atoms with Gasteiger partial charge in [-0.15, -0.1) is 0 Å². The van der Waals surface area contributed by atoms with Gasteiger partial charge in [0.25, 0.3) is 0 Å². The molecule has 84 valence electrons. The van der Waals surface area contributed by atoms with E-state index in [4.69, 9.17) is 44.6 Å². The molecule has 0 spiro atoms. The van der Waals surface area contributed by atoms with Crippen molar-refractivity contribution in [2.75, 3.05) is 6.61 Å². The molecule has 0 saturated heterocycles. The number of carboxylic acids is 1. The third-order valence-corrected chi connectivity index (χ3v) is 2.34. The summed E-state index contributed by atoms with van der Waals surface area (Å²) in [5.74, 6) is -0.893. The summed E-state index contributed by atoms with van der Waals surface area (Å²) in [5, 5.41) is 9.14. The number of benzene rings is 1. The van der Waals surface area contributed by atoms with Gasteiger partial charge in [0.15, 0.2) is 6.61 Å². The average Bonchev–Trinajstić information content (AvgIpc) is 2.09. The third kappa shape index (κ3) is 4.49. The fourth-order valence-corrected chi connectivity index (χ4v) is 1.35. The molecule has 0 atom stereocenters. The van der Waals surface area contributed by atoms with Crippen LogP contribution in [0.25, 0.3) is 0 Å². The zero-order chi connectivity index (χ0) is 10.7. The molecule has 0 heterocycles. The minimum Gasteiger partial charge on any atom is -0.480 e. The summed E-state index contributed by atoms with van der Waals surface area (Å²) in [6.45, 7) is -0.475. The fraction of sp³-hybridized carbons (Fsp3) is 0.125. The van der Waals surface area contributed by atoms with Gasteiger partial charge >= 0.3 is 5.97 Å². The van der Waals surface area contributed by atoms with E-state index in [1.165, 1.54) is 12.1 Å². The summed E-state index contributed by atoms with van der Waals surface area (Å²) in [5.41, 5.74) is 0. The SMILES string of the molecule is O=C(O)COc1cc(Cl)c(Cl)cc1Cl.[Fe]. The van der Waals surface area contributed by atoms with Crippen LogP contribution >= 0.6 is 34.8 Å². The predicted molar refractivity (Wildman–Crippen MR) is 54.6 cm³/mol. The van der Waals surface area contributed by atoms with Crippen LogP contribution in [-0.2, 0) is 21.9 Å². The summed E-state index contributed by atoms with van der Waals surface area (Å²) in [4.78, 5) is 10.2. The molecule has 0 fully saturated rings. The zero-order valence-electron chi connectivity index (χ0n) is 7.11. The molecule has 0 aliphatic carbocycles. The van der Waals surface area contributed by atoms with E-state index in [0.29, 0.717) is 5.02 Å². The van der Waals surface area contributed by atoms with Crippen LogP contribution in [0.15, 0.2) is 12.1 Å². The van der Waals surface area contributed by atoms with Crippen molar-refractivity contribution in [2.24, 2.45) is 0 Å². The van der Waals surface area contributed by atoms with Crippen molar-refractivity contribution in [3.63, 3.8) is 0 Å². The number of ether oxygens (including phenoxy) is 1. The van der Waals surface area contributed by atoms with Gasteiger partial charge in [-0.05, 0) is 6.07 Å². The number of carboxylic acid groups (broad SMARTS) is 1. The van der Waals surface area contributed by atoms with Gasteiger partial charge in [0.05, 0.1) is 15.1 Å². The van der Waals surface area contributed by atoms with Crippen molar-refractivity contribution >= 4 is 40.8 Å². The summed E-state index contributed by atoms with van der Waals surface area (Å²) < 4.78 is 4.86. The Morgan fingerprint density at radius 1 is 1.20 bits per heavy atom. The maximum atomic E-state index is 10.2. The quantitative estimate of drug-likeness (QED) is 0.689. The summed E-state index contributed by atoms with van der Waals surface area (Å²) >= 11 is 17.1. The van der Waals surface area contributed by atoms with Crippen molar-refractivity contribution in [2.45, 2.75) is 0 Å². The first-order chi connectivity index (χ1) is 6.50. The average molecular weight is 311 g/mol. The normalized spacial score (nSPS) is 9.27. The molecule has 0 aliphatic heterocycles. The smallest absolute Gasteiger partial charge is 0.341 e. The Bertz CT molecular complexity index is 370. The molecule has 3 nitrogen and oxygen atoms in total. The Hall–Kier alpha value is -0.121. The number of hydrogen-bond donors (Lipinski definition) is 1. The number of aliphatic carboxylic acids is 1. The van der Waals surface area contributed by atoms with Crippen LogP contribution < -0.4 is 4.74 Å². The fourth-order valence-electron chi connectivity index (χ4n) is 0.754. The Balaban J connectivity index is 0.00000196. The molecular weight excluding hydrogens is 306 g/mol. The molecule has 7 heteroatoms. The Morgan fingerprint density at radius 3 is 2.27 bits per heavy atom. The van der Waals surface area contributed by atoms with Gasteiger partial charge < -0.3 is 9.84 Å². The van der Waals surface area contributed by atoms with Crippen molar-refractivity contribution in [1.29, 1.82) is 0 Å². The first-order valence-electron chi connectivity index (χ1n) is 3.50. The summed E-state index contributed by atoms with van der Waals surface area (Å²) in [6.07, 6.45) is 0. The zero-order valence-corrected chi connectivity index (χ0v) is 10.5. The summed E-state index contributed by atoms with van der Waals surface area (Å²) in [6, 6.07) is 2.76. The van der Waals surface area contributed by atoms with E-state index >= 15 is 0 Å². The van der Waals surface area contributed by atoms with Gasteiger partial charge in [-0.1, -0.05) is 34.8 Å². The van der Waals surface area contributed by atoms with Crippen molar-refractivity contribution in [3.8, 4) is 5.75 Å².